The van der Waals surface area contributed by atoms with E-state index in [1.54, 1.807) is 6.08 Å². The summed E-state index contributed by atoms with van der Waals surface area (Å²) in [5, 5.41) is 0. The fourth-order valence-corrected chi connectivity index (χ4v) is 0.901. The third kappa shape index (κ3) is 5.71. The largest absolute Gasteiger partial charge is 0.458 e. The first-order valence-electron chi connectivity index (χ1n) is 4.11. The molecule has 0 saturated carbocycles. The van der Waals surface area contributed by atoms with Crippen molar-refractivity contribution in [2.24, 2.45) is 0 Å². The van der Waals surface area contributed by atoms with Gasteiger partial charge in [-0.15, -0.1) is 6.58 Å². The highest BCUT2D eigenvalue weighted by Crippen LogP contribution is 2.06. The molecule has 0 bridgehead atoms. The van der Waals surface area contributed by atoms with Crippen LogP contribution < -0.4 is 0 Å². The molecule has 0 N–H and O–H groups in total. The topological polar surface area (TPSA) is 26.3 Å². The van der Waals surface area contributed by atoms with Gasteiger partial charge in [0.15, 0.2) is 0 Å². The Kier molecular flexibility index (Phi) is 6.07. The van der Waals surface area contributed by atoms with Gasteiger partial charge < -0.3 is 4.74 Å². The van der Waals surface area contributed by atoms with E-state index in [2.05, 4.69) is 13.2 Å². The quantitative estimate of drug-likeness (QED) is 0.346. The predicted molar refractivity (Wildman–Crippen MR) is 49.8 cm³/mol. The molecule has 0 aliphatic heterocycles. The molecule has 2 nitrogen and oxygen atoms in total. The predicted octanol–water partition coefficient (Wildman–Crippen LogP) is 2.46. The molecule has 0 unspecified atom stereocenters. The minimum absolute atomic E-state index is 0.137. The van der Waals surface area contributed by atoms with Crippen LogP contribution in [0.4, 0.5) is 0 Å². The van der Waals surface area contributed by atoms with Gasteiger partial charge in [-0.05, 0) is 19.3 Å². The van der Waals surface area contributed by atoms with Crippen LogP contribution in [-0.4, -0.2) is 12.1 Å². The number of allylic oxidation sites excluding steroid dienone is 1. The van der Waals surface area contributed by atoms with Crippen molar-refractivity contribution in [1.82, 2.24) is 0 Å². The molecule has 0 saturated heterocycles. The van der Waals surface area contributed by atoms with Gasteiger partial charge in [0.1, 0.15) is 6.10 Å². The molecular formula is C10H16O2. The zero-order valence-corrected chi connectivity index (χ0v) is 7.58. The molecule has 0 rings (SSSR count). The smallest absolute Gasteiger partial charge is 0.303 e. The van der Waals surface area contributed by atoms with Gasteiger partial charge >= 0.3 is 5.97 Å². The summed E-state index contributed by atoms with van der Waals surface area (Å²) >= 11 is 0. The second kappa shape index (κ2) is 6.65. The molecule has 0 aliphatic rings. The zero-order chi connectivity index (χ0) is 9.40. The molecule has 0 aliphatic carbocycles. The molecule has 0 amide bonds. The van der Waals surface area contributed by atoms with E-state index in [0.717, 1.165) is 19.3 Å². The molecule has 1 atom stereocenters. The first kappa shape index (κ1) is 11.0. The monoisotopic (exact) mass is 168 g/mol. The Balaban J connectivity index is 3.59. The highest BCUT2D eigenvalue weighted by atomic mass is 16.5. The Bertz CT molecular complexity index is 161. The van der Waals surface area contributed by atoms with E-state index < -0.39 is 0 Å². The van der Waals surface area contributed by atoms with Crippen molar-refractivity contribution in [2.75, 3.05) is 0 Å². The summed E-state index contributed by atoms with van der Waals surface area (Å²) < 4.78 is 4.95. The number of hydrogen-bond acceptors (Lipinski definition) is 2. The average Bonchev–Trinajstić information content (AvgIpc) is 2.02. The standard InChI is InChI=1S/C10H16O2/c1-4-6-7-8-10(5-2)12-9(3)11/h4-5,10H,1-2,6-8H2,3H3/t10-/m1/s1. The molecule has 0 fully saturated rings. The first-order valence-corrected chi connectivity index (χ1v) is 4.11. The average molecular weight is 168 g/mol. The third-order valence-corrected chi connectivity index (χ3v) is 1.48. The molecule has 68 valence electrons. The van der Waals surface area contributed by atoms with Crippen LogP contribution in [0.25, 0.3) is 0 Å². The van der Waals surface area contributed by atoms with E-state index >= 15 is 0 Å². The van der Waals surface area contributed by atoms with Gasteiger partial charge in [-0.1, -0.05) is 18.7 Å². The summed E-state index contributed by atoms with van der Waals surface area (Å²) in [6, 6.07) is 0. The van der Waals surface area contributed by atoms with Crippen LogP contribution in [0.5, 0.6) is 0 Å². The maximum absolute atomic E-state index is 10.6. The van der Waals surface area contributed by atoms with Crippen molar-refractivity contribution < 1.29 is 9.53 Å². The lowest BCUT2D eigenvalue weighted by Gasteiger charge is -2.11. The Labute approximate surface area is 73.9 Å². The van der Waals surface area contributed by atoms with E-state index in [1.807, 2.05) is 6.08 Å². The normalized spacial score (nSPS) is 11.8. The van der Waals surface area contributed by atoms with Gasteiger partial charge in [0.2, 0.25) is 0 Å². The second-order valence-electron chi connectivity index (χ2n) is 2.60. The summed E-state index contributed by atoms with van der Waals surface area (Å²) in [6.45, 7) is 8.61. The van der Waals surface area contributed by atoms with Gasteiger partial charge in [0, 0.05) is 6.92 Å². The van der Waals surface area contributed by atoms with Gasteiger partial charge in [0.05, 0.1) is 0 Å². The molecular weight excluding hydrogens is 152 g/mol. The number of carbonyl (C=O) groups excluding carboxylic acids is 1. The van der Waals surface area contributed by atoms with Gasteiger partial charge in [0.25, 0.3) is 0 Å². The van der Waals surface area contributed by atoms with Crippen LogP contribution in [0.1, 0.15) is 26.2 Å². The fourth-order valence-electron chi connectivity index (χ4n) is 0.901. The van der Waals surface area contributed by atoms with Crippen LogP contribution in [-0.2, 0) is 9.53 Å². The molecule has 0 radical (unpaired) electrons. The lowest BCUT2D eigenvalue weighted by molar-refractivity contribution is -0.144. The molecule has 0 spiro atoms. The second-order valence-corrected chi connectivity index (χ2v) is 2.60. The van der Waals surface area contributed by atoms with Gasteiger partial charge in [-0.25, -0.2) is 0 Å². The summed E-state index contributed by atoms with van der Waals surface area (Å²) in [5.41, 5.74) is 0. The molecule has 0 heterocycles. The SMILES string of the molecule is C=CCCC[C@@H](C=C)OC(C)=O. The van der Waals surface area contributed by atoms with E-state index in [1.165, 1.54) is 6.92 Å². The maximum Gasteiger partial charge on any atom is 0.303 e. The summed E-state index contributed by atoms with van der Waals surface area (Å²) in [4.78, 5) is 10.6. The van der Waals surface area contributed by atoms with Crippen molar-refractivity contribution in [3.05, 3.63) is 25.3 Å². The first-order chi connectivity index (χ1) is 5.70. The van der Waals surface area contributed by atoms with Crippen molar-refractivity contribution in [3.63, 3.8) is 0 Å². The minimum atomic E-state index is -0.251. The van der Waals surface area contributed by atoms with Crippen molar-refractivity contribution in [2.45, 2.75) is 32.3 Å². The Morgan fingerprint density at radius 3 is 2.67 bits per heavy atom. The number of rotatable bonds is 6. The molecule has 0 aromatic carbocycles. The lowest BCUT2D eigenvalue weighted by Crippen LogP contribution is -2.12. The zero-order valence-electron chi connectivity index (χ0n) is 7.58. The van der Waals surface area contributed by atoms with E-state index in [-0.39, 0.29) is 12.1 Å². The third-order valence-electron chi connectivity index (χ3n) is 1.48. The van der Waals surface area contributed by atoms with Crippen LogP contribution in [0.15, 0.2) is 25.3 Å². The summed E-state index contributed by atoms with van der Waals surface area (Å²) in [5.74, 6) is -0.251. The lowest BCUT2D eigenvalue weighted by atomic mass is 10.1. The summed E-state index contributed by atoms with van der Waals surface area (Å²) in [6.07, 6.45) is 6.13. The van der Waals surface area contributed by atoms with Gasteiger partial charge in [-0.3, -0.25) is 4.79 Å². The number of hydrogen-bond donors (Lipinski definition) is 0. The van der Waals surface area contributed by atoms with E-state index in [0.29, 0.717) is 0 Å². The Hall–Kier alpha value is -1.05. The number of ether oxygens (including phenoxy) is 1. The summed E-state index contributed by atoms with van der Waals surface area (Å²) in [7, 11) is 0. The highest BCUT2D eigenvalue weighted by molar-refractivity contribution is 5.66. The van der Waals surface area contributed by atoms with Crippen LogP contribution in [0, 0.1) is 0 Å². The molecule has 0 aromatic heterocycles. The molecule has 2 heteroatoms. The highest BCUT2D eigenvalue weighted by Gasteiger charge is 2.05. The van der Waals surface area contributed by atoms with Crippen LogP contribution in [0.2, 0.25) is 0 Å². The maximum atomic E-state index is 10.6. The molecule has 0 aromatic rings. The van der Waals surface area contributed by atoms with Crippen LogP contribution >= 0.6 is 0 Å². The fraction of sp³-hybridized carbons (Fsp3) is 0.500. The number of carbonyl (C=O) groups is 1. The Morgan fingerprint density at radius 2 is 2.25 bits per heavy atom. The Morgan fingerprint density at radius 1 is 1.58 bits per heavy atom. The van der Waals surface area contributed by atoms with Crippen LogP contribution in [0.3, 0.4) is 0 Å². The van der Waals surface area contributed by atoms with Crippen molar-refractivity contribution >= 4 is 5.97 Å². The van der Waals surface area contributed by atoms with Crippen molar-refractivity contribution in [3.8, 4) is 0 Å². The number of esters is 1. The van der Waals surface area contributed by atoms with Gasteiger partial charge in [-0.2, -0.15) is 0 Å². The minimum Gasteiger partial charge on any atom is -0.458 e. The van der Waals surface area contributed by atoms with Crippen molar-refractivity contribution in [1.29, 1.82) is 0 Å². The molecule has 12 heavy (non-hydrogen) atoms. The van der Waals surface area contributed by atoms with E-state index in [4.69, 9.17) is 4.74 Å². The number of unbranched alkanes of at least 4 members (excludes halogenated alkanes) is 1. The van der Waals surface area contributed by atoms with E-state index in [9.17, 15) is 4.79 Å².